The van der Waals surface area contributed by atoms with Crippen molar-refractivity contribution in [2.24, 2.45) is 0 Å². The highest BCUT2D eigenvalue weighted by molar-refractivity contribution is 7.99. The predicted octanol–water partition coefficient (Wildman–Crippen LogP) is 7.83. The molecule has 1 atom stereocenters. The number of nitrogens with zero attached hydrogens (tertiary/aromatic N) is 3. The van der Waals surface area contributed by atoms with Crippen LogP contribution in [0.4, 0.5) is 11.4 Å². The molecule has 0 radical (unpaired) electrons. The highest BCUT2D eigenvalue weighted by Gasteiger charge is 2.38. The molecule has 5 aromatic rings. The number of carbonyl (C=O) groups excluding carboxylic acids is 1. The lowest BCUT2D eigenvalue weighted by Crippen LogP contribution is -2.40. The second-order valence-corrected chi connectivity index (χ2v) is 12.2. The van der Waals surface area contributed by atoms with Crippen LogP contribution < -0.4 is 10.5 Å². The van der Waals surface area contributed by atoms with E-state index in [1.807, 2.05) is 84.9 Å². The molecule has 1 aromatic heterocycles. The van der Waals surface area contributed by atoms with E-state index in [9.17, 15) is 9.59 Å². The van der Waals surface area contributed by atoms with E-state index in [1.54, 1.807) is 9.47 Å². The van der Waals surface area contributed by atoms with Crippen molar-refractivity contribution in [3.8, 4) is 11.3 Å². The lowest BCUT2D eigenvalue weighted by atomic mass is 9.69. The number of amides is 1. The fourth-order valence-corrected chi connectivity index (χ4v) is 6.83. The van der Waals surface area contributed by atoms with Crippen LogP contribution in [0.15, 0.2) is 125 Å². The van der Waals surface area contributed by atoms with Gasteiger partial charge >= 0.3 is 0 Å². The van der Waals surface area contributed by atoms with Gasteiger partial charge in [-0.05, 0) is 54.7 Å². The number of thioether (sulfide) groups is 1. The molecule has 0 spiro atoms. The van der Waals surface area contributed by atoms with Gasteiger partial charge in [-0.2, -0.15) is 0 Å². The molecule has 0 unspecified atom stereocenters. The van der Waals surface area contributed by atoms with Gasteiger partial charge in [-0.15, -0.1) is 0 Å². The zero-order chi connectivity index (χ0) is 29.8. The molecular weight excluding hydrogens is 550 g/mol. The Balaban J connectivity index is 1.41. The average molecular weight is 586 g/mol. The van der Waals surface area contributed by atoms with Gasteiger partial charge in [0, 0.05) is 28.9 Å². The number of hydrogen-bond acceptors (Lipinski definition) is 4. The summed E-state index contributed by atoms with van der Waals surface area (Å²) < 4.78 is 1.81. The number of benzene rings is 4. The van der Waals surface area contributed by atoms with Crippen LogP contribution in [-0.4, -0.2) is 21.2 Å². The Kier molecular flexibility index (Phi) is 8.30. The molecule has 1 amide bonds. The Morgan fingerprint density at radius 3 is 2.07 bits per heavy atom. The third-order valence-corrected chi connectivity index (χ3v) is 9.40. The van der Waals surface area contributed by atoms with Crippen molar-refractivity contribution in [1.29, 1.82) is 0 Å². The van der Waals surface area contributed by atoms with Crippen LogP contribution in [0.3, 0.4) is 0 Å². The molecule has 5 nitrogen and oxygen atoms in total. The SMILES string of the molecule is CC[C@@]1(C)Cc2ccccc2-c2nc(SCC(=O)N(c3ccccc3)c3ccccc3)n(CCc3ccccc3)c(=O)c21. The molecule has 216 valence electrons. The van der Waals surface area contributed by atoms with Crippen molar-refractivity contribution in [3.63, 3.8) is 0 Å². The summed E-state index contributed by atoms with van der Waals surface area (Å²) in [4.78, 5) is 35.3. The van der Waals surface area contributed by atoms with Gasteiger partial charge in [0.1, 0.15) is 0 Å². The van der Waals surface area contributed by atoms with Crippen molar-refractivity contribution in [3.05, 3.63) is 142 Å². The first kappa shape index (κ1) is 28.7. The fraction of sp³-hybridized carbons (Fsp3) is 0.216. The minimum atomic E-state index is -0.321. The normalized spacial score (nSPS) is 15.4. The number of aryl methyl sites for hydroxylation is 1. The number of hydrogen-bond donors (Lipinski definition) is 0. The third-order valence-electron chi connectivity index (χ3n) is 8.44. The van der Waals surface area contributed by atoms with Crippen LogP contribution in [0.2, 0.25) is 0 Å². The van der Waals surface area contributed by atoms with Crippen molar-refractivity contribution in [2.45, 2.75) is 50.2 Å². The first-order valence-electron chi connectivity index (χ1n) is 14.8. The maximum atomic E-state index is 14.5. The molecule has 6 rings (SSSR count). The topological polar surface area (TPSA) is 55.2 Å². The van der Waals surface area contributed by atoms with Gasteiger partial charge in [0.2, 0.25) is 5.91 Å². The smallest absolute Gasteiger partial charge is 0.258 e. The van der Waals surface area contributed by atoms with E-state index >= 15 is 0 Å². The minimum absolute atomic E-state index is 0.00212. The molecule has 0 saturated heterocycles. The number of rotatable bonds is 9. The summed E-state index contributed by atoms with van der Waals surface area (Å²) in [5, 5.41) is 0.573. The maximum absolute atomic E-state index is 14.5. The molecule has 0 saturated carbocycles. The quantitative estimate of drug-likeness (QED) is 0.131. The van der Waals surface area contributed by atoms with E-state index in [2.05, 4.69) is 44.2 Å². The van der Waals surface area contributed by atoms with Gasteiger partial charge in [-0.3, -0.25) is 19.1 Å². The van der Waals surface area contributed by atoms with Crippen molar-refractivity contribution in [1.82, 2.24) is 9.55 Å². The molecule has 4 aromatic carbocycles. The highest BCUT2D eigenvalue weighted by atomic mass is 32.2. The first-order chi connectivity index (χ1) is 21.0. The van der Waals surface area contributed by atoms with Gasteiger partial charge in [0.25, 0.3) is 5.56 Å². The Morgan fingerprint density at radius 2 is 1.44 bits per heavy atom. The molecule has 1 aliphatic carbocycles. The number of carbonyl (C=O) groups is 1. The molecule has 1 heterocycles. The molecule has 0 fully saturated rings. The standard InChI is InChI=1S/C37H35N3O2S/c1-3-37(2)25-28-17-13-14-22-31(28)34-33(37)35(42)39(24-23-27-15-7-4-8-16-27)36(38-34)43-26-32(41)40(29-18-9-5-10-19-29)30-20-11-6-12-21-30/h4-22H,3,23-26H2,1-2H3/t37-/m0/s1. The minimum Gasteiger partial charge on any atom is -0.287 e. The van der Waals surface area contributed by atoms with Crippen LogP contribution in [0.25, 0.3) is 11.3 Å². The van der Waals surface area contributed by atoms with Crippen LogP contribution in [0.1, 0.15) is 37.0 Å². The van der Waals surface area contributed by atoms with E-state index in [-0.39, 0.29) is 22.6 Å². The predicted molar refractivity (Wildman–Crippen MR) is 176 cm³/mol. The maximum Gasteiger partial charge on any atom is 0.258 e. The lowest BCUT2D eigenvalue weighted by Gasteiger charge is -2.36. The summed E-state index contributed by atoms with van der Waals surface area (Å²) in [6, 6.07) is 37.8. The van der Waals surface area contributed by atoms with Crippen LogP contribution in [0.5, 0.6) is 0 Å². The second-order valence-electron chi connectivity index (χ2n) is 11.2. The number of aromatic nitrogens is 2. The Labute approximate surface area is 257 Å². The molecular formula is C37H35N3O2S. The second kappa shape index (κ2) is 12.4. The Hall–Kier alpha value is -4.42. The van der Waals surface area contributed by atoms with Crippen molar-refractivity contribution < 1.29 is 4.79 Å². The largest absolute Gasteiger partial charge is 0.287 e. The molecule has 1 aliphatic rings. The Morgan fingerprint density at radius 1 is 0.860 bits per heavy atom. The van der Waals surface area contributed by atoms with E-state index in [1.165, 1.54) is 17.3 Å². The van der Waals surface area contributed by atoms with Crippen molar-refractivity contribution >= 4 is 29.0 Å². The van der Waals surface area contributed by atoms with Crippen LogP contribution in [0, 0.1) is 0 Å². The van der Waals surface area contributed by atoms with Crippen LogP contribution >= 0.6 is 11.8 Å². The summed E-state index contributed by atoms with van der Waals surface area (Å²) >= 11 is 1.34. The average Bonchev–Trinajstić information content (AvgIpc) is 3.05. The van der Waals surface area contributed by atoms with Gasteiger partial charge in [0.15, 0.2) is 5.16 Å². The zero-order valence-electron chi connectivity index (χ0n) is 24.6. The zero-order valence-corrected chi connectivity index (χ0v) is 25.4. The highest BCUT2D eigenvalue weighted by Crippen LogP contribution is 2.43. The summed E-state index contributed by atoms with van der Waals surface area (Å²) in [5.74, 6) is 0.0512. The van der Waals surface area contributed by atoms with Crippen LogP contribution in [-0.2, 0) is 29.6 Å². The van der Waals surface area contributed by atoms with E-state index in [4.69, 9.17) is 4.98 Å². The monoisotopic (exact) mass is 585 g/mol. The summed E-state index contributed by atoms with van der Waals surface area (Å²) in [6.07, 6.45) is 2.33. The molecule has 6 heteroatoms. The van der Waals surface area contributed by atoms with Crippen molar-refractivity contribution in [2.75, 3.05) is 10.7 Å². The first-order valence-corrected chi connectivity index (χ1v) is 15.8. The summed E-state index contributed by atoms with van der Waals surface area (Å²) in [6.45, 7) is 4.82. The lowest BCUT2D eigenvalue weighted by molar-refractivity contribution is -0.115. The third kappa shape index (κ3) is 5.80. The molecule has 0 bridgehead atoms. The van der Waals surface area contributed by atoms with E-state index in [0.29, 0.717) is 18.1 Å². The van der Waals surface area contributed by atoms with E-state index < -0.39 is 0 Å². The molecule has 0 aliphatic heterocycles. The van der Waals surface area contributed by atoms with E-state index in [0.717, 1.165) is 46.6 Å². The number of anilines is 2. The summed E-state index contributed by atoms with van der Waals surface area (Å²) in [5.41, 5.74) is 6.19. The number of para-hydroxylation sites is 2. The number of fused-ring (bicyclic) bond motifs is 3. The molecule has 0 N–H and O–H groups in total. The van der Waals surface area contributed by atoms with Gasteiger partial charge < -0.3 is 0 Å². The fourth-order valence-electron chi connectivity index (χ4n) is 5.96. The van der Waals surface area contributed by atoms with Gasteiger partial charge in [-0.25, -0.2) is 4.98 Å². The van der Waals surface area contributed by atoms with Gasteiger partial charge in [-0.1, -0.05) is 117 Å². The summed E-state index contributed by atoms with van der Waals surface area (Å²) in [7, 11) is 0. The van der Waals surface area contributed by atoms with Gasteiger partial charge in [0.05, 0.1) is 17.0 Å². The Bertz CT molecular complexity index is 1750. The molecule has 43 heavy (non-hydrogen) atoms.